The van der Waals surface area contributed by atoms with E-state index in [4.69, 9.17) is 17.3 Å². The second-order valence-corrected chi connectivity index (χ2v) is 4.69. The molecule has 0 radical (unpaired) electrons. The highest BCUT2D eigenvalue weighted by Gasteiger charge is 2.32. The quantitative estimate of drug-likeness (QED) is 0.913. The fourth-order valence-electron chi connectivity index (χ4n) is 1.64. The summed E-state index contributed by atoms with van der Waals surface area (Å²) in [5, 5.41) is 18.4. The van der Waals surface area contributed by atoms with Crippen molar-refractivity contribution in [1.82, 2.24) is 9.97 Å². The van der Waals surface area contributed by atoms with Crippen molar-refractivity contribution >= 4 is 17.4 Å². The molecule has 1 aromatic heterocycles. The van der Waals surface area contributed by atoms with Crippen LogP contribution in [0.25, 0.3) is 11.4 Å². The highest BCUT2D eigenvalue weighted by atomic mass is 35.5. The number of halogens is 1. The number of nitrogen functional groups attached to an aromatic ring is 1. The van der Waals surface area contributed by atoms with E-state index in [1.54, 1.807) is 0 Å². The van der Waals surface area contributed by atoms with E-state index < -0.39 is 5.41 Å². The average Bonchev–Trinajstić information content (AvgIpc) is 2.50. The lowest BCUT2D eigenvalue weighted by molar-refractivity contribution is 0.753. The second-order valence-electron chi connectivity index (χ2n) is 4.31. The Morgan fingerprint density at radius 1 is 1.15 bits per heavy atom. The van der Waals surface area contributed by atoms with Crippen molar-refractivity contribution < 1.29 is 0 Å². The predicted molar refractivity (Wildman–Crippen MR) is 75.5 cm³/mol. The third-order valence-corrected chi connectivity index (χ3v) is 3.20. The molecule has 0 atom stereocenters. The van der Waals surface area contributed by atoms with Gasteiger partial charge < -0.3 is 5.73 Å². The largest absolute Gasteiger partial charge is 0.382 e. The molecule has 5 nitrogen and oxygen atoms in total. The maximum atomic E-state index is 9.18. The highest BCUT2D eigenvalue weighted by Crippen LogP contribution is 2.32. The molecule has 2 aromatic rings. The number of benzene rings is 1. The molecule has 0 aliphatic rings. The van der Waals surface area contributed by atoms with Crippen LogP contribution in [0.15, 0.2) is 30.3 Å². The van der Waals surface area contributed by atoms with Crippen molar-refractivity contribution in [3.63, 3.8) is 0 Å². The van der Waals surface area contributed by atoms with Crippen LogP contribution in [0, 0.1) is 22.7 Å². The topological polar surface area (TPSA) is 99.4 Å². The zero-order valence-corrected chi connectivity index (χ0v) is 11.4. The molecule has 2 N–H and O–H groups in total. The minimum absolute atomic E-state index is 0.0373. The first-order chi connectivity index (χ1) is 9.51. The van der Waals surface area contributed by atoms with Crippen molar-refractivity contribution in [2.24, 2.45) is 0 Å². The van der Waals surface area contributed by atoms with E-state index in [-0.39, 0.29) is 16.5 Å². The molecule has 20 heavy (non-hydrogen) atoms. The minimum Gasteiger partial charge on any atom is -0.382 e. The van der Waals surface area contributed by atoms with E-state index in [0.29, 0.717) is 5.82 Å². The number of aromatic nitrogens is 2. The van der Waals surface area contributed by atoms with Crippen LogP contribution in [-0.4, -0.2) is 9.97 Å². The van der Waals surface area contributed by atoms with Crippen LogP contribution < -0.4 is 5.73 Å². The minimum atomic E-state index is -1.47. The molecular weight excluding hydrogens is 274 g/mol. The molecular formula is C14H10ClN5. The Hall–Kier alpha value is -2.63. The van der Waals surface area contributed by atoms with Gasteiger partial charge >= 0.3 is 0 Å². The average molecular weight is 284 g/mol. The maximum Gasteiger partial charge on any atom is 0.184 e. The van der Waals surface area contributed by atoms with E-state index in [1.807, 2.05) is 42.5 Å². The molecule has 0 fully saturated rings. The zero-order valence-electron chi connectivity index (χ0n) is 10.6. The summed E-state index contributed by atoms with van der Waals surface area (Å²) in [4.78, 5) is 8.35. The van der Waals surface area contributed by atoms with Crippen molar-refractivity contribution in [3.05, 3.63) is 41.0 Å². The summed E-state index contributed by atoms with van der Waals surface area (Å²) in [6, 6.07) is 12.9. The summed E-state index contributed by atoms with van der Waals surface area (Å²) >= 11 is 6.04. The van der Waals surface area contributed by atoms with Gasteiger partial charge in [0.2, 0.25) is 0 Å². The lowest BCUT2D eigenvalue weighted by Crippen LogP contribution is -2.21. The van der Waals surface area contributed by atoms with Crippen molar-refractivity contribution in [3.8, 4) is 23.5 Å². The van der Waals surface area contributed by atoms with Crippen LogP contribution in [0.4, 0.5) is 5.82 Å². The Balaban J connectivity index is 2.70. The molecule has 0 saturated heterocycles. The molecule has 1 aromatic carbocycles. The molecule has 0 bridgehead atoms. The molecule has 98 valence electrons. The number of hydrogen-bond donors (Lipinski definition) is 1. The number of nitrogens with two attached hydrogens (primary N) is 1. The molecule has 0 aliphatic heterocycles. The number of nitrogens with zero attached hydrogens (tertiary/aromatic N) is 4. The molecule has 0 amide bonds. The maximum absolute atomic E-state index is 9.18. The van der Waals surface area contributed by atoms with Gasteiger partial charge in [-0.1, -0.05) is 41.9 Å². The molecule has 1 heterocycles. The molecule has 2 rings (SSSR count). The van der Waals surface area contributed by atoms with Crippen molar-refractivity contribution in [2.45, 2.75) is 12.3 Å². The SMILES string of the molecule is CC(C#N)(C#N)c1nc(-c2ccccc2)nc(N)c1Cl. The third kappa shape index (κ3) is 2.27. The number of rotatable bonds is 2. The molecule has 6 heteroatoms. The fraction of sp³-hybridized carbons (Fsp3) is 0.143. The Morgan fingerprint density at radius 2 is 1.75 bits per heavy atom. The van der Waals surface area contributed by atoms with Crippen LogP contribution in [0.1, 0.15) is 12.6 Å². The van der Waals surface area contributed by atoms with Gasteiger partial charge in [0.1, 0.15) is 10.8 Å². The van der Waals surface area contributed by atoms with E-state index in [0.717, 1.165) is 5.56 Å². The van der Waals surface area contributed by atoms with Crippen LogP contribution >= 0.6 is 11.6 Å². The van der Waals surface area contributed by atoms with Gasteiger partial charge in [0.05, 0.1) is 17.8 Å². The number of hydrogen-bond acceptors (Lipinski definition) is 5. The summed E-state index contributed by atoms with van der Waals surface area (Å²) in [6.07, 6.45) is 0. The molecule has 0 saturated carbocycles. The molecule has 0 aliphatic carbocycles. The van der Waals surface area contributed by atoms with Crippen LogP contribution in [0.2, 0.25) is 5.02 Å². The smallest absolute Gasteiger partial charge is 0.184 e. The van der Waals surface area contributed by atoms with E-state index >= 15 is 0 Å². The van der Waals surface area contributed by atoms with Crippen LogP contribution in [0.5, 0.6) is 0 Å². The second kappa shape index (κ2) is 5.16. The summed E-state index contributed by atoms with van der Waals surface area (Å²) in [7, 11) is 0. The van der Waals surface area contributed by atoms with Gasteiger partial charge in [-0.2, -0.15) is 10.5 Å². The van der Waals surface area contributed by atoms with Gasteiger partial charge in [-0.15, -0.1) is 0 Å². The lowest BCUT2D eigenvalue weighted by Gasteiger charge is -2.15. The van der Waals surface area contributed by atoms with Gasteiger partial charge in [-0.05, 0) is 6.92 Å². The first-order valence-corrected chi connectivity index (χ1v) is 6.11. The lowest BCUT2D eigenvalue weighted by atomic mass is 9.90. The molecule has 0 unspecified atom stereocenters. The third-order valence-electron chi connectivity index (χ3n) is 2.83. The van der Waals surface area contributed by atoms with Crippen LogP contribution in [-0.2, 0) is 5.41 Å². The zero-order chi connectivity index (χ0) is 14.8. The normalized spacial score (nSPS) is 10.6. The summed E-state index contributed by atoms with van der Waals surface area (Å²) in [5.74, 6) is 0.381. The number of anilines is 1. The predicted octanol–water partition coefficient (Wildman–Crippen LogP) is 2.68. The Bertz CT molecular complexity index is 714. The van der Waals surface area contributed by atoms with Gasteiger partial charge in [-0.25, -0.2) is 9.97 Å². The van der Waals surface area contributed by atoms with E-state index in [1.165, 1.54) is 6.92 Å². The van der Waals surface area contributed by atoms with E-state index in [9.17, 15) is 10.5 Å². The van der Waals surface area contributed by atoms with Gasteiger partial charge in [0.25, 0.3) is 0 Å². The number of nitriles is 2. The standard InChI is InChI=1S/C14H10ClN5/c1-14(7-16,8-17)11-10(15)12(18)20-13(19-11)9-5-3-2-4-6-9/h2-6H,1H3,(H2,18,19,20). The van der Waals surface area contributed by atoms with Crippen molar-refractivity contribution in [1.29, 1.82) is 10.5 Å². The first-order valence-electron chi connectivity index (χ1n) is 5.73. The summed E-state index contributed by atoms with van der Waals surface area (Å²) in [5.41, 5.74) is 5.14. The van der Waals surface area contributed by atoms with Gasteiger partial charge in [-0.3, -0.25) is 0 Å². The van der Waals surface area contributed by atoms with E-state index in [2.05, 4.69) is 9.97 Å². The highest BCUT2D eigenvalue weighted by molar-refractivity contribution is 6.33. The van der Waals surface area contributed by atoms with Gasteiger partial charge in [0.15, 0.2) is 11.2 Å². The first kappa shape index (κ1) is 13.8. The summed E-state index contributed by atoms with van der Waals surface area (Å²) in [6.45, 7) is 1.44. The van der Waals surface area contributed by atoms with Crippen LogP contribution in [0.3, 0.4) is 0 Å². The Labute approximate surface area is 121 Å². The van der Waals surface area contributed by atoms with Gasteiger partial charge in [0, 0.05) is 5.56 Å². The molecule has 0 spiro atoms. The Kier molecular flexibility index (Phi) is 3.56. The fourth-order valence-corrected chi connectivity index (χ4v) is 1.92. The Morgan fingerprint density at radius 3 is 2.30 bits per heavy atom. The van der Waals surface area contributed by atoms with Crippen molar-refractivity contribution in [2.75, 3.05) is 5.73 Å². The summed E-state index contributed by atoms with van der Waals surface area (Å²) < 4.78 is 0. The monoisotopic (exact) mass is 283 g/mol.